The van der Waals surface area contributed by atoms with E-state index in [9.17, 15) is 4.79 Å². The Hall–Kier alpha value is -0.330. The highest BCUT2D eigenvalue weighted by atomic mass is 16.1. The molecule has 0 aromatic carbocycles. The van der Waals surface area contributed by atoms with E-state index >= 15 is 0 Å². The lowest BCUT2D eigenvalue weighted by Gasteiger charge is -2.60. The molecule has 0 bridgehead atoms. The van der Waals surface area contributed by atoms with Gasteiger partial charge in [-0.1, -0.05) is 27.7 Å². The number of Topliss-reactive ketones (excluding diaryl/α,β-unsaturated/α-hetero) is 1. The fraction of sp³-hybridized carbons (Fsp3) is 0.955. The monoisotopic (exact) mass is 316 g/mol. The largest absolute Gasteiger partial charge is 0.300 e. The molecule has 4 saturated carbocycles. The molecule has 4 aliphatic rings. The average molecular weight is 317 g/mol. The summed E-state index contributed by atoms with van der Waals surface area (Å²) in [5.41, 5.74) is 1.09. The van der Waals surface area contributed by atoms with Gasteiger partial charge in [-0.15, -0.1) is 0 Å². The van der Waals surface area contributed by atoms with Crippen LogP contribution in [0.4, 0.5) is 0 Å². The van der Waals surface area contributed by atoms with Crippen LogP contribution in [0.3, 0.4) is 0 Å². The molecule has 4 fully saturated rings. The van der Waals surface area contributed by atoms with Gasteiger partial charge in [0, 0.05) is 12.8 Å². The summed E-state index contributed by atoms with van der Waals surface area (Å²) in [6.07, 6.45) is 11.6. The molecule has 0 radical (unpaired) electrons. The van der Waals surface area contributed by atoms with Crippen LogP contribution in [0.25, 0.3) is 0 Å². The van der Waals surface area contributed by atoms with E-state index in [1.165, 1.54) is 44.9 Å². The third kappa shape index (κ3) is 2.20. The number of hydrogen-bond donors (Lipinski definition) is 0. The molecule has 23 heavy (non-hydrogen) atoms. The van der Waals surface area contributed by atoms with E-state index in [0.29, 0.717) is 22.5 Å². The van der Waals surface area contributed by atoms with Crippen molar-refractivity contribution < 1.29 is 4.79 Å². The van der Waals surface area contributed by atoms with E-state index < -0.39 is 0 Å². The number of ketones is 1. The van der Waals surface area contributed by atoms with Crippen LogP contribution >= 0.6 is 0 Å². The minimum Gasteiger partial charge on any atom is -0.300 e. The van der Waals surface area contributed by atoms with Gasteiger partial charge >= 0.3 is 0 Å². The molecule has 0 aromatic heterocycles. The quantitative estimate of drug-likeness (QED) is 0.591. The summed E-state index contributed by atoms with van der Waals surface area (Å²) in [4.78, 5) is 12.0. The van der Waals surface area contributed by atoms with Gasteiger partial charge < -0.3 is 0 Å². The normalized spacial score (nSPS) is 52.9. The first-order valence-electron chi connectivity index (χ1n) is 10.4. The van der Waals surface area contributed by atoms with E-state index in [1.807, 2.05) is 0 Å². The summed E-state index contributed by atoms with van der Waals surface area (Å²) in [5.74, 6) is 5.91. The van der Waals surface area contributed by atoms with Crippen LogP contribution in [0, 0.1) is 46.3 Å². The minimum atomic E-state index is 0.480. The maximum atomic E-state index is 12.0. The zero-order valence-corrected chi connectivity index (χ0v) is 15.7. The van der Waals surface area contributed by atoms with E-state index in [2.05, 4.69) is 27.7 Å². The molecule has 3 unspecified atom stereocenters. The molecule has 4 aliphatic carbocycles. The predicted octanol–water partition coefficient (Wildman–Crippen LogP) is 5.87. The SMILES string of the molecule is CC(C)[C@H]1CCC2[C@@H]3CCC4CC(=O)CC[C@]4(C)C3CC[C@@]21C. The molecule has 1 heteroatoms. The van der Waals surface area contributed by atoms with Crippen LogP contribution in [0.1, 0.15) is 85.5 Å². The topological polar surface area (TPSA) is 17.1 Å². The molecular formula is C22H36O. The second kappa shape index (κ2) is 5.33. The van der Waals surface area contributed by atoms with Crippen molar-refractivity contribution >= 4 is 5.78 Å². The Bertz CT molecular complexity index is 494. The molecule has 7 atom stereocenters. The molecular weight excluding hydrogens is 280 g/mol. The van der Waals surface area contributed by atoms with Crippen LogP contribution in [0.5, 0.6) is 0 Å². The second-order valence-electron chi connectivity index (χ2n) is 10.4. The van der Waals surface area contributed by atoms with Crippen molar-refractivity contribution in [2.75, 3.05) is 0 Å². The van der Waals surface area contributed by atoms with Crippen molar-refractivity contribution in [3.63, 3.8) is 0 Å². The van der Waals surface area contributed by atoms with Gasteiger partial charge in [-0.25, -0.2) is 0 Å². The number of fused-ring (bicyclic) bond motifs is 5. The van der Waals surface area contributed by atoms with Gasteiger partial charge in [0.2, 0.25) is 0 Å². The Balaban J connectivity index is 1.61. The van der Waals surface area contributed by atoms with Crippen molar-refractivity contribution in [1.82, 2.24) is 0 Å². The van der Waals surface area contributed by atoms with Gasteiger partial charge in [0.1, 0.15) is 5.78 Å². The van der Waals surface area contributed by atoms with E-state index in [-0.39, 0.29) is 0 Å². The van der Waals surface area contributed by atoms with Crippen molar-refractivity contribution in [1.29, 1.82) is 0 Å². The van der Waals surface area contributed by atoms with E-state index in [4.69, 9.17) is 0 Å². The van der Waals surface area contributed by atoms with Gasteiger partial charge in [0.15, 0.2) is 0 Å². The van der Waals surface area contributed by atoms with Crippen LogP contribution in [0.2, 0.25) is 0 Å². The third-order valence-corrected chi connectivity index (χ3v) is 9.36. The summed E-state index contributed by atoms with van der Waals surface area (Å²) in [5, 5.41) is 0. The summed E-state index contributed by atoms with van der Waals surface area (Å²) in [7, 11) is 0. The lowest BCUT2D eigenvalue weighted by atomic mass is 9.44. The highest BCUT2D eigenvalue weighted by Gasteiger charge is 2.60. The Kier molecular flexibility index (Phi) is 3.75. The molecule has 0 heterocycles. The van der Waals surface area contributed by atoms with Crippen LogP contribution in [0.15, 0.2) is 0 Å². The highest BCUT2D eigenvalue weighted by Crippen LogP contribution is 2.67. The maximum absolute atomic E-state index is 12.0. The van der Waals surface area contributed by atoms with Crippen LogP contribution < -0.4 is 0 Å². The maximum Gasteiger partial charge on any atom is 0.133 e. The van der Waals surface area contributed by atoms with E-state index in [1.54, 1.807) is 0 Å². The zero-order valence-electron chi connectivity index (χ0n) is 15.7. The van der Waals surface area contributed by atoms with Crippen molar-refractivity contribution in [2.24, 2.45) is 46.3 Å². The van der Waals surface area contributed by atoms with E-state index in [0.717, 1.165) is 42.4 Å². The molecule has 0 spiro atoms. The van der Waals surface area contributed by atoms with Crippen molar-refractivity contribution in [3.8, 4) is 0 Å². The Morgan fingerprint density at radius 2 is 1.65 bits per heavy atom. The molecule has 0 aliphatic heterocycles. The van der Waals surface area contributed by atoms with Gasteiger partial charge in [-0.3, -0.25) is 4.79 Å². The summed E-state index contributed by atoms with van der Waals surface area (Å²) < 4.78 is 0. The van der Waals surface area contributed by atoms with Crippen molar-refractivity contribution in [2.45, 2.75) is 85.5 Å². The number of carbonyl (C=O) groups is 1. The Morgan fingerprint density at radius 1 is 0.913 bits per heavy atom. The molecule has 4 rings (SSSR count). The average Bonchev–Trinajstić information content (AvgIpc) is 2.85. The molecule has 130 valence electrons. The van der Waals surface area contributed by atoms with Crippen molar-refractivity contribution in [3.05, 3.63) is 0 Å². The van der Waals surface area contributed by atoms with Gasteiger partial charge in [-0.2, -0.15) is 0 Å². The Morgan fingerprint density at radius 3 is 2.39 bits per heavy atom. The lowest BCUT2D eigenvalue weighted by Crippen LogP contribution is -2.53. The van der Waals surface area contributed by atoms with Gasteiger partial charge in [0.05, 0.1) is 0 Å². The summed E-state index contributed by atoms with van der Waals surface area (Å²) in [6.45, 7) is 10.1. The zero-order chi connectivity index (χ0) is 16.4. The smallest absolute Gasteiger partial charge is 0.133 e. The summed E-state index contributed by atoms with van der Waals surface area (Å²) >= 11 is 0. The molecule has 0 N–H and O–H groups in total. The van der Waals surface area contributed by atoms with Gasteiger partial charge in [0.25, 0.3) is 0 Å². The minimum absolute atomic E-state index is 0.480. The highest BCUT2D eigenvalue weighted by molar-refractivity contribution is 5.79. The lowest BCUT2D eigenvalue weighted by molar-refractivity contribution is -0.140. The first-order valence-corrected chi connectivity index (χ1v) is 10.4. The fourth-order valence-corrected chi connectivity index (χ4v) is 8.18. The number of carbonyl (C=O) groups excluding carboxylic acids is 1. The Labute approximate surface area is 143 Å². The summed E-state index contributed by atoms with van der Waals surface area (Å²) in [6, 6.07) is 0. The van der Waals surface area contributed by atoms with Crippen LogP contribution in [-0.4, -0.2) is 5.78 Å². The standard InChI is InChI=1S/C22H36O/c1-14(2)18-7-8-19-17-6-5-15-13-16(23)9-11-21(15,3)20(17)10-12-22(18,19)4/h14-15,17-20H,5-13H2,1-4H3/t15?,17-,18+,19?,20?,21-,22+/m0/s1. The molecule has 0 saturated heterocycles. The van der Waals surface area contributed by atoms with Gasteiger partial charge in [-0.05, 0) is 91.3 Å². The predicted molar refractivity (Wildman–Crippen MR) is 95.1 cm³/mol. The third-order valence-electron chi connectivity index (χ3n) is 9.36. The first kappa shape index (κ1) is 16.2. The first-order chi connectivity index (χ1) is 10.9. The second-order valence-corrected chi connectivity index (χ2v) is 10.4. The number of rotatable bonds is 1. The molecule has 0 amide bonds. The van der Waals surface area contributed by atoms with Crippen LogP contribution in [-0.2, 0) is 4.79 Å². The molecule has 1 nitrogen and oxygen atoms in total. The fourth-order valence-electron chi connectivity index (χ4n) is 8.18. The number of hydrogen-bond acceptors (Lipinski definition) is 1. The molecule has 0 aromatic rings.